The number of rotatable bonds is 10. The molecule has 2 aromatic rings. The molecule has 1 aliphatic rings. The molecule has 0 amide bonds. The van der Waals surface area contributed by atoms with E-state index in [-0.39, 0.29) is 0 Å². The monoisotopic (exact) mass is 436 g/mol. The number of aryl methyl sites for hydroxylation is 1. The fourth-order valence-corrected chi connectivity index (χ4v) is 3.37. The Morgan fingerprint density at radius 1 is 1.35 bits per heavy atom. The summed E-state index contributed by atoms with van der Waals surface area (Å²) in [5.41, 5.74) is 3.12. The quantitative estimate of drug-likeness (QED) is 0.446. The van der Waals surface area contributed by atoms with E-state index in [0.29, 0.717) is 29.8 Å². The zero-order valence-corrected chi connectivity index (χ0v) is 18.9. The lowest BCUT2D eigenvalue weighted by Gasteiger charge is -2.13. The van der Waals surface area contributed by atoms with Gasteiger partial charge in [0, 0.05) is 29.8 Å². The van der Waals surface area contributed by atoms with Crippen LogP contribution in [-0.4, -0.2) is 21.4 Å². The van der Waals surface area contributed by atoms with Crippen molar-refractivity contribution in [2.75, 3.05) is 11.9 Å². The Balaban J connectivity index is 1.67. The Bertz CT molecular complexity index is 1030. The van der Waals surface area contributed by atoms with Gasteiger partial charge in [-0.2, -0.15) is 4.98 Å². The molecule has 1 aromatic carbocycles. The minimum absolute atomic E-state index is 0.521. The highest BCUT2D eigenvalue weighted by molar-refractivity contribution is 6.30. The van der Waals surface area contributed by atoms with Crippen LogP contribution in [0.25, 0.3) is 5.57 Å². The lowest BCUT2D eigenvalue weighted by atomic mass is 10.1. The minimum atomic E-state index is 0.521. The average molecular weight is 437 g/mol. The molecule has 0 unspecified atom stereocenters. The Morgan fingerprint density at radius 2 is 2.23 bits per heavy atom. The third-order valence-electron chi connectivity index (χ3n) is 4.75. The summed E-state index contributed by atoms with van der Waals surface area (Å²) >= 11 is 6.15. The molecule has 0 atom stereocenters. The fourth-order valence-electron chi connectivity index (χ4n) is 3.21. The Kier molecular flexibility index (Phi) is 8.30. The van der Waals surface area contributed by atoms with Crippen molar-refractivity contribution in [1.82, 2.24) is 14.8 Å². The molecule has 1 aliphatic carbocycles. The first-order valence-corrected chi connectivity index (χ1v) is 10.9. The summed E-state index contributed by atoms with van der Waals surface area (Å²) < 4.78 is 7.81. The Morgan fingerprint density at radius 3 is 3.03 bits per heavy atom. The first kappa shape index (κ1) is 22.6. The number of anilines is 1. The van der Waals surface area contributed by atoms with E-state index in [4.69, 9.17) is 21.3 Å². The SMILES string of the molecule is C=CCc1ccc(Cl)cc1OCC/C(=C/CC)Nc1nc(C2=CC=CCC=C2)nn1C. The second-order valence-corrected chi connectivity index (χ2v) is 7.61. The molecular formula is C25H29ClN4O. The third kappa shape index (κ3) is 6.46. The summed E-state index contributed by atoms with van der Waals surface area (Å²) in [5, 5.41) is 8.65. The minimum Gasteiger partial charge on any atom is -0.493 e. The highest BCUT2D eigenvalue weighted by atomic mass is 35.5. The lowest BCUT2D eigenvalue weighted by molar-refractivity contribution is 0.319. The molecule has 31 heavy (non-hydrogen) atoms. The van der Waals surface area contributed by atoms with Crippen LogP contribution in [0.2, 0.25) is 5.02 Å². The van der Waals surface area contributed by atoms with E-state index in [9.17, 15) is 0 Å². The number of hydrogen-bond acceptors (Lipinski definition) is 4. The molecule has 5 nitrogen and oxygen atoms in total. The van der Waals surface area contributed by atoms with Crippen molar-refractivity contribution < 1.29 is 4.74 Å². The number of benzene rings is 1. The van der Waals surface area contributed by atoms with Crippen LogP contribution in [0.3, 0.4) is 0 Å². The summed E-state index contributed by atoms with van der Waals surface area (Å²) in [5.74, 6) is 2.20. The van der Waals surface area contributed by atoms with Crippen LogP contribution in [0.5, 0.6) is 5.75 Å². The van der Waals surface area contributed by atoms with Crippen molar-refractivity contribution in [1.29, 1.82) is 0 Å². The number of aromatic nitrogens is 3. The molecule has 1 aromatic heterocycles. The van der Waals surface area contributed by atoms with Gasteiger partial charge in [0.25, 0.3) is 0 Å². The summed E-state index contributed by atoms with van der Waals surface area (Å²) in [6, 6.07) is 5.71. The van der Waals surface area contributed by atoms with Crippen LogP contribution in [0.4, 0.5) is 5.95 Å². The average Bonchev–Trinajstić information content (AvgIpc) is 2.94. The normalized spacial score (nSPS) is 13.6. The molecule has 0 bridgehead atoms. The van der Waals surface area contributed by atoms with Crippen LogP contribution in [-0.2, 0) is 13.5 Å². The van der Waals surface area contributed by atoms with E-state index in [1.54, 1.807) is 4.68 Å². The molecule has 0 spiro atoms. The van der Waals surface area contributed by atoms with Crippen LogP contribution < -0.4 is 10.1 Å². The maximum absolute atomic E-state index is 6.15. The maximum Gasteiger partial charge on any atom is 0.225 e. The van der Waals surface area contributed by atoms with Crippen LogP contribution in [0.1, 0.15) is 37.6 Å². The first-order valence-electron chi connectivity index (χ1n) is 10.5. The predicted octanol–water partition coefficient (Wildman–Crippen LogP) is 6.27. The number of allylic oxidation sites excluding steroid dienone is 8. The van der Waals surface area contributed by atoms with E-state index in [1.165, 1.54) is 0 Å². The topological polar surface area (TPSA) is 52.0 Å². The number of ether oxygens (including phenoxy) is 1. The van der Waals surface area contributed by atoms with E-state index in [0.717, 1.165) is 41.8 Å². The van der Waals surface area contributed by atoms with Crippen molar-refractivity contribution in [3.05, 3.63) is 89.4 Å². The van der Waals surface area contributed by atoms with Gasteiger partial charge < -0.3 is 10.1 Å². The van der Waals surface area contributed by atoms with E-state index < -0.39 is 0 Å². The highest BCUT2D eigenvalue weighted by Crippen LogP contribution is 2.25. The molecular weight excluding hydrogens is 408 g/mol. The van der Waals surface area contributed by atoms with E-state index in [2.05, 4.69) is 48.2 Å². The molecule has 0 saturated heterocycles. The summed E-state index contributed by atoms with van der Waals surface area (Å²) in [4.78, 5) is 4.69. The van der Waals surface area contributed by atoms with E-state index >= 15 is 0 Å². The van der Waals surface area contributed by atoms with Gasteiger partial charge >= 0.3 is 0 Å². The smallest absolute Gasteiger partial charge is 0.225 e. The van der Waals surface area contributed by atoms with Gasteiger partial charge in [0.2, 0.25) is 5.95 Å². The number of halogens is 1. The van der Waals surface area contributed by atoms with Crippen molar-refractivity contribution >= 4 is 23.1 Å². The molecule has 0 aliphatic heterocycles. The predicted molar refractivity (Wildman–Crippen MR) is 129 cm³/mol. The van der Waals surface area contributed by atoms with Gasteiger partial charge in [-0.1, -0.05) is 67.1 Å². The van der Waals surface area contributed by atoms with Crippen molar-refractivity contribution in [3.63, 3.8) is 0 Å². The second kappa shape index (κ2) is 11.4. The van der Waals surface area contributed by atoms with Crippen molar-refractivity contribution in [2.24, 2.45) is 7.05 Å². The van der Waals surface area contributed by atoms with Crippen LogP contribution >= 0.6 is 11.6 Å². The Hall–Kier alpha value is -3.05. The molecule has 0 saturated carbocycles. The van der Waals surface area contributed by atoms with Gasteiger partial charge in [-0.15, -0.1) is 11.7 Å². The Labute approximate surface area is 189 Å². The highest BCUT2D eigenvalue weighted by Gasteiger charge is 2.12. The second-order valence-electron chi connectivity index (χ2n) is 7.18. The molecule has 1 heterocycles. The molecule has 0 fully saturated rings. The maximum atomic E-state index is 6.15. The van der Waals surface area contributed by atoms with Crippen LogP contribution in [0, 0.1) is 0 Å². The molecule has 0 radical (unpaired) electrons. The fraction of sp³-hybridized carbons (Fsp3) is 0.280. The van der Waals surface area contributed by atoms with E-state index in [1.807, 2.05) is 43.5 Å². The van der Waals surface area contributed by atoms with Gasteiger partial charge in [0.05, 0.1) is 6.61 Å². The number of nitrogens with one attached hydrogen (secondary N) is 1. The zero-order chi connectivity index (χ0) is 22.1. The van der Waals surface area contributed by atoms with Crippen LogP contribution in [0.15, 0.2) is 73.0 Å². The lowest BCUT2D eigenvalue weighted by Crippen LogP contribution is -2.10. The molecule has 3 rings (SSSR count). The van der Waals surface area contributed by atoms with Crippen molar-refractivity contribution in [3.8, 4) is 5.75 Å². The third-order valence-corrected chi connectivity index (χ3v) is 4.98. The number of nitrogens with zero attached hydrogens (tertiary/aromatic N) is 3. The summed E-state index contributed by atoms with van der Waals surface area (Å²) in [6.07, 6.45) is 17.6. The summed E-state index contributed by atoms with van der Waals surface area (Å²) in [7, 11) is 1.89. The van der Waals surface area contributed by atoms with Crippen molar-refractivity contribution in [2.45, 2.75) is 32.6 Å². The zero-order valence-electron chi connectivity index (χ0n) is 18.1. The summed E-state index contributed by atoms with van der Waals surface area (Å²) in [6.45, 7) is 6.44. The van der Waals surface area contributed by atoms with Gasteiger partial charge in [0.15, 0.2) is 5.82 Å². The molecule has 6 heteroatoms. The molecule has 1 N–H and O–H groups in total. The van der Waals surface area contributed by atoms with Gasteiger partial charge in [-0.3, -0.25) is 0 Å². The largest absolute Gasteiger partial charge is 0.493 e. The molecule has 162 valence electrons. The van der Waals surface area contributed by atoms with Gasteiger partial charge in [-0.05, 0) is 37.0 Å². The number of hydrogen-bond donors (Lipinski definition) is 1. The van der Waals surface area contributed by atoms with Gasteiger partial charge in [0.1, 0.15) is 5.75 Å². The first-order chi connectivity index (χ1) is 15.1. The van der Waals surface area contributed by atoms with Gasteiger partial charge in [-0.25, -0.2) is 4.68 Å². The standard InChI is InChI=1S/C25H29ClN4O/c1-4-10-19-14-15-21(26)18-23(19)31-17-16-22(11-5-2)27-25-28-24(29-30(25)3)20-12-8-6-7-9-13-20/h4,6,8-9,11-15,18H,1,5,7,10,16-17H2,2-3H3,(H,27,28,29)/b22-11-.